The zero-order valence-corrected chi connectivity index (χ0v) is 11.7. The van der Waals surface area contributed by atoms with Crippen LogP contribution in [0.4, 0.5) is 13.6 Å². The van der Waals surface area contributed by atoms with E-state index in [9.17, 15) is 23.5 Å². The average molecular weight is 306 g/mol. The van der Waals surface area contributed by atoms with Gasteiger partial charge >= 0.3 is 12.0 Å². The maximum absolute atomic E-state index is 12.0. The number of fused-ring (bicyclic) bond motifs is 1. The molecule has 0 aromatic heterocycles. The fraction of sp³-hybridized carbons (Fsp3) is 0.846. The molecule has 2 atom stereocenters. The van der Waals surface area contributed by atoms with Gasteiger partial charge in [-0.3, -0.25) is 4.79 Å². The third kappa shape index (κ3) is 3.42. The normalized spacial score (nSPS) is 28.0. The van der Waals surface area contributed by atoms with Crippen LogP contribution >= 0.6 is 0 Å². The molecule has 2 N–H and O–H groups in total. The Morgan fingerprint density at radius 3 is 2.86 bits per heavy atom. The second-order valence-corrected chi connectivity index (χ2v) is 5.63. The average Bonchev–Trinajstić information content (AvgIpc) is 2.95. The predicted octanol–water partition coefficient (Wildman–Crippen LogP) is 1.16. The number of hydrogen-bond donors (Lipinski definition) is 2. The number of ether oxygens (including phenoxy) is 1. The van der Waals surface area contributed by atoms with Gasteiger partial charge in [-0.2, -0.15) is 0 Å². The summed E-state index contributed by atoms with van der Waals surface area (Å²) < 4.78 is 28.3. The van der Waals surface area contributed by atoms with Crippen molar-refractivity contribution in [2.45, 2.75) is 25.7 Å². The fourth-order valence-corrected chi connectivity index (χ4v) is 3.31. The van der Waals surface area contributed by atoms with E-state index in [1.165, 1.54) is 4.90 Å². The Morgan fingerprint density at radius 2 is 2.24 bits per heavy atom. The molecule has 1 heterocycles. The van der Waals surface area contributed by atoms with Crippen molar-refractivity contribution in [3.8, 4) is 0 Å². The predicted molar refractivity (Wildman–Crippen MR) is 69.2 cm³/mol. The van der Waals surface area contributed by atoms with Gasteiger partial charge in [0.25, 0.3) is 6.43 Å². The molecule has 8 heteroatoms. The summed E-state index contributed by atoms with van der Waals surface area (Å²) in [6.07, 6.45) is -0.204. The number of nitrogens with one attached hydrogen (secondary N) is 1. The largest absolute Gasteiger partial charge is 0.481 e. The summed E-state index contributed by atoms with van der Waals surface area (Å²) in [7, 11) is 0. The van der Waals surface area contributed by atoms with Gasteiger partial charge in [0, 0.05) is 19.6 Å². The van der Waals surface area contributed by atoms with Gasteiger partial charge < -0.3 is 20.1 Å². The number of amides is 2. The van der Waals surface area contributed by atoms with Gasteiger partial charge in [0.1, 0.15) is 6.61 Å². The zero-order chi connectivity index (χ0) is 15.5. The Kier molecular flexibility index (Phi) is 4.97. The van der Waals surface area contributed by atoms with Crippen molar-refractivity contribution in [3.63, 3.8) is 0 Å². The molecular formula is C13H20F2N2O4. The highest BCUT2D eigenvalue weighted by molar-refractivity contribution is 5.80. The number of rotatable bonds is 6. The van der Waals surface area contributed by atoms with E-state index in [1.54, 1.807) is 0 Å². The number of likely N-dealkylation sites (tertiary alicyclic amines) is 1. The van der Waals surface area contributed by atoms with Gasteiger partial charge in [-0.15, -0.1) is 0 Å². The summed E-state index contributed by atoms with van der Waals surface area (Å²) in [5.74, 6) is -0.823. The number of carbonyl (C=O) groups excluding carboxylic acids is 1. The molecule has 1 aliphatic heterocycles. The number of aliphatic carboxylic acids is 1. The fourth-order valence-electron chi connectivity index (χ4n) is 3.31. The summed E-state index contributed by atoms with van der Waals surface area (Å²) in [6.45, 7) is 0.154. The van der Waals surface area contributed by atoms with Crippen LogP contribution in [0.1, 0.15) is 19.3 Å². The van der Waals surface area contributed by atoms with E-state index in [-0.39, 0.29) is 31.6 Å². The van der Waals surface area contributed by atoms with Crippen LogP contribution in [0.25, 0.3) is 0 Å². The van der Waals surface area contributed by atoms with Gasteiger partial charge in [-0.1, -0.05) is 6.42 Å². The third-order valence-electron chi connectivity index (χ3n) is 4.35. The van der Waals surface area contributed by atoms with Crippen LogP contribution in [0.15, 0.2) is 0 Å². The molecule has 1 aliphatic carbocycles. The number of halogens is 2. The molecule has 6 nitrogen and oxygen atoms in total. The first-order valence-electron chi connectivity index (χ1n) is 7.08. The molecule has 0 aromatic rings. The van der Waals surface area contributed by atoms with Crippen molar-refractivity contribution in [2.75, 3.05) is 32.8 Å². The highest BCUT2D eigenvalue weighted by atomic mass is 19.3. The molecule has 0 aromatic carbocycles. The lowest BCUT2D eigenvalue weighted by atomic mass is 9.81. The minimum atomic E-state index is -2.52. The van der Waals surface area contributed by atoms with Crippen molar-refractivity contribution in [1.29, 1.82) is 0 Å². The molecule has 2 fully saturated rings. The van der Waals surface area contributed by atoms with E-state index < -0.39 is 24.4 Å². The van der Waals surface area contributed by atoms with E-state index in [4.69, 9.17) is 0 Å². The number of alkyl halides is 2. The summed E-state index contributed by atoms with van der Waals surface area (Å²) in [5.41, 5.74) is -0.802. The Hall–Kier alpha value is -1.44. The zero-order valence-electron chi connectivity index (χ0n) is 11.7. The number of hydrogen-bond acceptors (Lipinski definition) is 3. The summed E-state index contributed by atoms with van der Waals surface area (Å²) in [6, 6.07) is -0.356. The van der Waals surface area contributed by atoms with Gasteiger partial charge in [-0.25, -0.2) is 13.6 Å². The Morgan fingerprint density at radius 1 is 1.48 bits per heavy atom. The topological polar surface area (TPSA) is 78.9 Å². The Labute approximate surface area is 121 Å². The lowest BCUT2D eigenvalue weighted by molar-refractivity contribution is -0.149. The van der Waals surface area contributed by atoms with Crippen LogP contribution < -0.4 is 5.32 Å². The molecule has 0 spiro atoms. The van der Waals surface area contributed by atoms with Crippen molar-refractivity contribution < 1.29 is 28.2 Å². The van der Waals surface area contributed by atoms with E-state index in [0.29, 0.717) is 13.0 Å². The van der Waals surface area contributed by atoms with Crippen LogP contribution in [0.2, 0.25) is 0 Å². The quantitative estimate of drug-likeness (QED) is 0.722. The smallest absolute Gasteiger partial charge is 0.317 e. The number of carboxylic acids is 1. The number of nitrogens with zero attached hydrogens (tertiary/aromatic N) is 1. The van der Waals surface area contributed by atoms with E-state index in [0.717, 1.165) is 12.8 Å². The van der Waals surface area contributed by atoms with Crippen molar-refractivity contribution in [3.05, 3.63) is 0 Å². The second kappa shape index (κ2) is 6.55. The third-order valence-corrected chi connectivity index (χ3v) is 4.35. The molecular weight excluding hydrogens is 286 g/mol. The lowest BCUT2D eigenvalue weighted by Gasteiger charge is -2.23. The van der Waals surface area contributed by atoms with Crippen LogP contribution in [0, 0.1) is 11.3 Å². The molecule has 2 aliphatic rings. The lowest BCUT2D eigenvalue weighted by Crippen LogP contribution is -2.42. The van der Waals surface area contributed by atoms with Crippen LogP contribution in [-0.2, 0) is 9.53 Å². The minimum Gasteiger partial charge on any atom is -0.481 e. The molecule has 0 unspecified atom stereocenters. The molecule has 1 saturated carbocycles. The summed E-state index contributed by atoms with van der Waals surface area (Å²) >= 11 is 0. The van der Waals surface area contributed by atoms with Gasteiger partial charge in [0.2, 0.25) is 0 Å². The van der Waals surface area contributed by atoms with Crippen LogP contribution in [0.3, 0.4) is 0 Å². The number of urea groups is 1. The molecule has 2 rings (SSSR count). The Bertz CT molecular complexity index is 408. The monoisotopic (exact) mass is 306 g/mol. The first kappa shape index (κ1) is 15.9. The molecule has 21 heavy (non-hydrogen) atoms. The Balaban J connectivity index is 1.76. The van der Waals surface area contributed by atoms with Gasteiger partial charge in [0.15, 0.2) is 0 Å². The first-order chi connectivity index (χ1) is 9.95. The number of carbonyl (C=O) groups is 2. The van der Waals surface area contributed by atoms with E-state index >= 15 is 0 Å². The van der Waals surface area contributed by atoms with Crippen LogP contribution in [0.5, 0.6) is 0 Å². The molecule has 2 amide bonds. The second-order valence-electron chi connectivity index (χ2n) is 5.63. The van der Waals surface area contributed by atoms with E-state index in [2.05, 4.69) is 10.1 Å². The SMILES string of the molecule is O=C(NCCOCC(F)F)N1C[C@@H]2CCC[C@@]2(C(=O)O)C1. The highest BCUT2D eigenvalue weighted by Gasteiger charge is 2.55. The standard InChI is InChI=1S/C13H20F2N2O4/c14-10(15)7-21-5-4-16-12(20)17-6-9-2-1-3-13(9,8-17)11(18)19/h9-10H,1-8H2,(H,16,20)(H,18,19)/t9-,13+/m0/s1. The molecule has 0 bridgehead atoms. The van der Waals surface area contributed by atoms with Crippen molar-refractivity contribution in [1.82, 2.24) is 10.2 Å². The first-order valence-corrected chi connectivity index (χ1v) is 7.08. The maximum atomic E-state index is 12.0. The maximum Gasteiger partial charge on any atom is 0.317 e. The van der Waals surface area contributed by atoms with Gasteiger partial charge in [0.05, 0.1) is 12.0 Å². The van der Waals surface area contributed by atoms with Crippen LogP contribution in [-0.4, -0.2) is 61.3 Å². The summed E-state index contributed by atoms with van der Waals surface area (Å²) in [4.78, 5) is 24.9. The van der Waals surface area contributed by atoms with Gasteiger partial charge in [-0.05, 0) is 18.8 Å². The van der Waals surface area contributed by atoms with Crippen molar-refractivity contribution >= 4 is 12.0 Å². The van der Waals surface area contributed by atoms with Crippen molar-refractivity contribution in [2.24, 2.45) is 11.3 Å². The summed E-state index contributed by atoms with van der Waals surface area (Å²) in [5, 5.41) is 12.0. The minimum absolute atomic E-state index is 0.0100. The number of carboxylic acid groups (broad SMARTS) is 1. The molecule has 1 saturated heterocycles. The molecule has 120 valence electrons. The highest BCUT2D eigenvalue weighted by Crippen LogP contribution is 2.48. The molecule has 0 radical (unpaired) electrons. The van der Waals surface area contributed by atoms with E-state index in [1.807, 2.05) is 0 Å².